The van der Waals surface area contributed by atoms with Crippen molar-refractivity contribution in [3.05, 3.63) is 59.7 Å². The summed E-state index contributed by atoms with van der Waals surface area (Å²) < 4.78 is 53.3. The van der Waals surface area contributed by atoms with E-state index in [9.17, 15) is 27.6 Å². The molecule has 2 amide bonds. The van der Waals surface area contributed by atoms with E-state index in [4.69, 9.17) is 14.6 Å². The standard InChI is InChI=1S/C30H35F3N4O7/c1-29(2,3)44-28(41)36-16-13-22(14-17-36)37-24(19-4-6-20(7-5-19)26(40)34-15-12-25(38)39)18-42-27(37)35-21-8-10-23(11-9-21)43-30(31,32)33/h4-11,22,24H,12-18H2,1-3H3,(H,34,40)(H,38,39). The van der Waals surface area contributed by atoms with Crippen molar-refractivity contribution in [3.63, 3.8) is 0 Å². The number of amides is 2. The fourth-order valence-corrected chi connectivity index (χ4v) is 4.93. The maximum Gasteiger partial charge on any atom is 0.573 e. The van der Waals surface area contributed by atoms with Gasteiger partial charge in [-0.2, -0.15) is 4.99 Å². The molecule has 1 atom stereocenters. The molecule has 0 aromatic heterocycles. The minimum Gasteiger partial charge on any atom is -0.481 e. The molecule has 11 nitrogen and oxygen atoms in total. The number of aliphatic imine (C=N–C) groups is 1. The summed E-state index contributed by atoms with van der Waals surface area (Å²) in [6, 6.07) is 11.9. The molecule has 2 heterocycles. The molecule has 1 unspecified atom stereocenters. The van der Waals surface area contributed by atoms with Gasteiger partial charge in [0.25, 0.3) is 11.9 Å². The Hall–Kier alpha value is -4.49. The SMILES string of the molecule is CC(C)(C)OC(=O)N1CCC(N2C(=Nc3ccc(OC(F)(F)F)cc3)OCC2c2ccc(C(=O)NCCC(=O)O)cc2)CC1. The van der Waals surface area contributed by atoms with E-state index in [0.29, 0.717) is 37.2 Å². The summed E-state index contributed by atoms with van der Waals surface area (Å²) in [6.07, 6.45) is -4.22. The second kappa shape index (κ2) is 13.4. The van der Waals surface area contributed by atoms with Crippen LogP contribution in [-0.2, 0) is 14.3 Å². The lowest BCUT2D eigenvalue weighted by Crippen LogP contribution is -2.49. The van der Waals surface area contributed by atoms with Crippen molar-refractivity contribution in [2.24, 2.45) is 4.99 Å². The molecule has 0 radical (unpaired) electrons. The van der Waals surface area contributed by atoms with Gasteiger partial charge in [0.05, 0.1) is 18.2 Å². The molecular formula is C30H35F3N4O7. The molecule has 0 saturated carbocycles. The molecule has 238 valence electrons. The van der Waals surface area contributed by atoms with Gasteiger partial charge in [-0.3, -0.25) is 9.59 Å². The molecule has 2 saturated heterocycles. The van der Waals surface area contributed by atoms with Crippen molar-refractivity contribution in [3.8, 4) is 5.75 Å². The van der Waals surface area contributed by atoms with Crippen LogP contribution in [0.4, 0.5) is 23.7 Å². The highest BCUT2D eigenvalue weighted by atomic mass is 19.4. The number of nitrogens with zero attached hydrogens (tertiary/aromatic N) is 3. The smallest absolute Gasteiger partial charge is 0.481 e. The van der Waals surface area contributed by atoms with Gasteiger partial charge in [-0.05, 0) is 75.6 Å². The molecule has 2 fully saturated rings. The van der Waals surface area contributed by atoms with Gasteiger partial charge in [-0.1, -0.05) is 12.1 Å². The predicted octanol–water partition coefficient (Wildman–Crippen LogP) is 5.25. The molecule has 2 N–H and O–H groups in total. The Kier molecular flexibility index (Phi) is 9.90. The van der Waals surface area contributed by atoms with Gasteiger partial charge in [0.15, 0.2) is 0 Å². The van der Waals surface area contributed by atoms with Gasteiger partial charge in [0, 0.05) is 31.2 Å². The van der Waals surface area contributed by atoms with Crippen LogP contribution < -0.4 is 10.1 Å². The van der Waals surface area contributed by atoms with Crippen LogP contribution >= 0.6 is 0 Å². The number of aliphatic carboxylic acids is 1. The van der Waals surface area contributed by atoms with Crippen molar-refractivity contribution in [1.29, 1.82) is 0 Å². The van der Waals surface area contributed by atoms with Gasteiger partial charge in [-0.25, -0.2) is 4.79 Å². The summed E-state index contributed by atoms with van der Waals surface area (Å²) in [5, 5.41) is 11.4. The molecule has 0 spiro atoms. The number of likely N-dealkylation sites (tertiary alicyclic amines) is 1. The first-order valence-corrected chi connectivity index (χ1v) is 14.1. The number of piperidine rings is 1. The molecule has 2 aliphatic rings. The Morgan fingerprint density at radius 1 is 1.02 bits per heavy atom. The summed E-state index contributed by atoms with van der Waals surface area (Å²) in [6.45, 7) is 6.53. The van der Waals surface area contributed by atoms with Gasteiger partial charge >= 0.3 is 18.4 Å². The maximum atomic E-state index is 12.6. The van der Waals surface area contributed by atoms with E-state index in [2.05, 4.69) is 15.0 Å². The van der Waals surface area contributed by atoms with Crippen LogP contribution in [0, 0.1) is 0 Å². The second-order valence-corrected chi connectivity index (χ2v) is 11.4. The summed E-state index contributed by atoms with van der Waals surface area (Å²) in [7, 11) is 0. The molecule has 14 heteroatoms. The number of carboxylic acid groups (broad SMARTS) is 1. The largest absolute Gasteiger partial charge is 0.573 e. The van der Waals surface area contributed by atoms with Gasteiger partial charge in [0.1, 0.15) is 18.0 Å². The zero-order chi connectivity index (χ0) is 32.1. The maximum absolute atomic E-state index is 12.6. The lowest BCUT2D eigenvalue weighted by Gasteiger charge is -2.39. The van der Waals surface area contributed by atoms with Crippen LogP contribution in [-0.4, -0.2) is 83.1 Å². The van der Waals surface area contributed by atoms with Crippen molar-refractivity contribution >= 4 is 29.7 Å². The number of carbonyl (C=O) groups excluding carboxylic acids is 2. The van der Waals surface area contributed by atoms with E-state index in [1.807, 2.05) is 4.90 Å². The minimum atomic E-state index is -4.81. The number of hydrogen-bond donors (Lipinski definition) is 2. The third-order valence-electron chi connectivity index (χ3n) is 6.91. The van der Waals surface area contributed by atoms with Crippen molar-refractivity contribution in [2.45, 2.75) is 64.1 Å². The number of ether oxygens (including phenoxy) is 3. The number of hydrogen-bond acceptors (Lipinski definition) is 7. The Bertz CT molecular complexity index is 1350. The average Bonchev–Trinajstić information content (AvgIpc) is 3.35. The van der Waals surface area contributed by atoms with Gasteiger partial charge in [-0.15, -0.1) is 13.2 Å². The first-order valence-electron chi connectivity index (χ1n) is 14.1. The van der Waals surface area contributed by atoms with Crippen LogP contribution in [0.15, 0.2) is 53.5 Å². The first kappa shape index (κ1) is 32.4. The summed E-state index contributed by atoms with van der Waals surface area (Å²) in [4.78, 5) is 44.0. The number of halogens is 3. The van der Waals surface area contributed by atoms with Crippen LogP contribution in [0.25, 0.3) is 0 Å². The van der Waals surface area contributed by atoms with Crippen molar-refractivity contribution in [2.75, 3.05) is 26.2 Å². The van der Waals surface area contributed by atoms with E-state index in [1.165, 1.54) is 24.3 Å². The normalized spacial score (nSPS) is 18.6. The molecule has 4 rings (SSSR count). The molecule has 2 aliphatic heterocycles. The third kappa shape index (κ3) is 9.01. The lowest BCUT2D eigenvalue weighted by atomic mass is 9.98. The average molecular weight is 621 g/mol. The van der Waals surface area contributed by atoms with Crippen LogP contribution in [0.3, 0.4) is 0 Å². The number of nitrogens with one attached hydrogen (secondary N) is 1. The summed E-state index contributed by atoms with van der Waals surface area (Å²) >= 11 is 0. The molecule has 0 aliphatic carbocycles. The topological polar surface area (TPSA) is 130 Å². The number of alkyl halides is 3. The lowest BCUT2D eigenvalue weighted by molar-refractivity contribution is -0.274. The van der Waals surface area contributed by atoms with Crippen molar-refractivity contribution in [1.82, 2.24) is 15.1 Å². The highest BCUT2D eigenvalue weighted by molar-refractivity contribution is 5.94. The minimum absolute atomic E-state index is 0.00525. The zero-order valence-corrected chi connectivity index (χ0v) is 24.6. The molecular weight excluding hydrogens is 585 g/mol. The Labute approximate surface area is 252 Å². The highest BCUT2D eigenvalue weighted by Gasteiger charge is 2.40. The summed E-state index contributed by atoms with van der Waals surface area (Å²) in [5.41, 5.74) is 0.938. The van der Waals surface area contributed by atoms with Crippen LogP contribution in [0.1, 0.15) is 62.0 Å². The fourth-order valence-electron chi connectivity index (χ4n) is 4.93. The summed E-state index contributed by atoms with van der Waals surface area (Å²) in [5.74, 6) is -1.78. The van der Waals surface area contributed by atoms with E-state index < -0.39 is 29.9 Å². The molecule has 2 aromatic rings. The first-order chi connectivity index (χ1) is 20.7. The Morgan fingerprint density at radius 3 is 2.23 bits per heavy atom. The Balaban J connectivity index is 1.54. The van der Waals surface area contributed by atoms with Gasteiger partial charge in [0.2, 0.25) is 0 Å². The number of benzene rings is 2. The quantitative estimate of drug-likeness (QED) is 0.410. The van der Waals surface area contributed by atoms with Crippen molar-refractivity contribution < 1.29 is 46.9 Å². The number of rotatable bonds is 8. The second-order valence-electron chi connectivity index (χ2n) is 11.4. The molecule has 2 aromatic carbocycles. The monoisotopic (exact) mass is 620 g/mol. The number of carbonyl (C=O) groups is 3. The highest BCUT2D eigenvalue weighted by Crippen LogP contribution is 2.35. The Morgan fingerprint density at radius 2 is 1.66 bits per heavy atom. The predicted molar refractivity (Wildman–Crippen MR) is 153 cm³/mol. The van der Waals surface area contributed by atoms with Gasteiger partial charge < -0.3 is 34.4 Å². The van der Waals surface area contributed by atoms with E-state index in [0.717, 1.165) is 5.56 Å². The molecule has 44 heavy (non-hydrogen) atoms. The fraction of sp³-hybridized carbons (Fsp3) is 0.467. The van der Waals surface area contributed by atoms with Crippen LogP contribution in [0.5, 0.6) is 5.75 Å². The van der Waals surface area contributed by atoms with E-state index in [-0.39, 0.29) is 43.4 Å². The zero-order valence-electron chi connectivity index (χ0n) is 24.6. The van der Waals surface area contributed by atoms with E-state index in [1.54, 1.807) is 49.9 Å². The number of carboxylic acids is 1. The van der Waals surface area contributed by atoms with Crippen LogP contribution in [0.2, 0.25) is 0 Å². The third-order valence-corrected chi connectivity index (χ3v) is 6.91. The molecule has 0 bridgehead atoms. The van der Waals surface area contributed by atoms with E-state index >= 15 is 0 Å². The number of amidine groups is 1.